The van der Waals surface area contributed by atoms with Gasteiger partial charge in [0.15, 0.2) is 0 Å². The summed E-state index contributed by atoms with van der Waals surface area (Å²) in [6, 6.07) is 9.69. The Balaban J connectivity index is 2.73. The standard InChI is InChI=1S/C15H8Cl5N/c1-7-3-2-4-8(5-7)9(6-21)10-11(16)13(18)15(20)14(19)12(10)17/h2-5,9H,1H3. The van der Waals surface area contributed by atoms with Gasteiger partial charge in [-0.15, -0.1) is 0 Å². The van der Waals surface area contributed by atoms with Crippen LogP contribution in [0.25, 0.3) is 0 Å². The van der Waals surface area contributed by atoms with E-state index in [1.165, 1.54) is 0 Å². The lowest BCUT2D eigenvalue weighted by atomic mass is 9.91. The van der Waals surface area contributed by atoms with E-state index in [0.717, 1.165) is 11.1 Å². The summed E-state index contributed by atoms with van der Waals surface area (Å²) >= 11 is 30.5. The van der Waals surface area contributed by atoms with Crippen molar-refractivity contribution < 1.29 is 0 Å². The Bertz CT molecular complexity index is 719. The molecule has 1 nitrogen and oxygen atoms in total. The highest BCUT2D eigenvalue weighted by Crippen LogP contribution is 2.47. The summed E-state index contributed by atoms with van der Waals surface area (Å²) in [5.74, 6) is -0.683. The molecule has 0 aliphatic rings. The van der Waals surface area contributed by atoms with Crippen LogP contribution in [0.4, 0.5) is 0 Å². The molecule has 0 aliphatic heterocycles. The van der Waals surface area contributed by atoms with Crippen molar-refractivity contribution in [3.05, 3.63) is 66.1 Å². The average Bonchev–Trinajstić information content (AvgIpc) is 2.47. The largest absolute Gasteiger partial charge is 0.197 e. The van der Waals surface area contributed by atoms with E-state index in [2.05, 4.69) is 6.07 Å². The second kappa shape index (κ2) is 6.65. The maximum absolute atomic E-state index is 9.54. The lowest BCUT2D eigenvalue weighted by Crippen LogP contribution is -2.02. The summed E-state index contributed by atoms with van der Waals surface area (Å²) in [5.41, 5.74) is 2.15. The minimum absolute atomic E-state index is 0.0815. The van der Waals surface area contributed by atoms with Gasteiger partial charge in [-0.1, -0.05) is 87.8 Å². The van der Waals surface area contributed by atoms with Gasteiger partial charge in [0, 0.05) is 5.56 Å². The van der Waals surface area contributed by atoms with E-state index in [1.54, 1.807) is 0 Å². The van der Waals surface area contributed by atoms with Gasteiger partial charge in [0.05, 0.1) is 37.1 Å². The van der Waals surface area contributed by atoms with Crippen molar-refractivity contribution in [2.75, 3.05) is 0 Å². The summed E-state index contributed by atoms with van der Waals surface area (Å²) in [6.45, 7) is 1.93. The molecule has 1 unspecified atom stereocenters. The zero-order valence-corrected chi connectivity index (χ0v) is 14.5. The van der Waals surface area contributed by atoms with Gasteiger partial charge in [-0.2, -0.15) is 5.26 Å². The smallest absolute Gasteiger partial charge is 0.0992 e. The maximum Gasteiger partial charge on any atom is 0.0992 e. The number of hydrogen-bond acceptors (Lipinski definition) is 1. The number of nitrogens with zero attached hydrogens (tertiary/aromatic N) is 1. The first-order valence-corrected chi connectivity index (χ1v) is 7.75. The van der Waals surface area contributed by atoms with E-state index in [9.17, 15) is 5.26 Å². The minimum Gasteiger partial charge on any atom is -0.197 e. The molecule has 2 aromatic carbocycles. The average molecular weight is 380 g/mol. The SMILES string of the molecule is Cc1cccc(C(C#N)c2c(Cl)c(Cl)c(Cl)c(Cl)c2Cl)c1. The molecule has 0 amide bonds. The van der Waals surface area contributed by atoms with E-state index in [1.807, 2.05) is 31.2 Å². The second-order valence-corrected chi connectivity index (χ2v) is 6.35. The van der Waals surface area contributed by atoms with Crippen LogP contribution in [0.1, 0.15) is 22.6 Å². The molecular formula is C15H8Cl5N. The number of aryl methyl sites for hydroxylation is 1. The van der Waals surface area contributed by atoms with Crippen LogP contribution in [-0.4, -0.2) is 0 Å². The molecule has 2 rings (SSSR count). The van der Waals surface area contributed by atoms with Crippen LogP contribution in [0.2, 0.25) is 25.1 Å². The van der Waals surface area contributed by atoms with Gasteiger partial charge in [0.1, 0.15) is 0 Å². The Kier molecular flexibility index (Phi) is 5.30. The van der Waals surface area contributed by atoms with Gasteiger partial charge in [0.25, 0.3) is 0 Å². The lowest BCUT2D eigenvalue weighted by molar-refractivity contribution is 1.03. The Hall–Kier alpha value is -0.620. The van der Waals surface area contributed by atoms with E-state index >= 15 is 0 Å². The molecule has 0 bridgehead atoms. The summed E-state index contributed by atoms with van der Waals surface area (Å²) < 4.78 is 0. The van der Waals surface area contributed by atoms with E-state index in [0.29, 0.717) is 5.56 Å². The molecule has 1 atom stereocenters. The molecule has 0 N–H and O–H groups in total. The molecule has 0 radical (unpaired) electrons. The van der Waals surface area contributed by atoms with Crippen molar-refractivity contribution in [2.45, 2.75) is 12.8 Å². The molecule has 2 aromatic rings. The Labute approximate surface area is 147 Å². The van der Waals surface area contributed by atoms with Crippen LogP contribution >= 0.6 is 58.0 Å². The predicted octanol–water partition coefficient (Wildman–Crippen LogP) is 6.92. The van der Waals surface area contributed by atoms with E-state index in [-0.39, 0.29) is 25.1 Å². The maximum atomic E-state index is 9.54. The van der Waals surface area contributed by atoms with Gasteiger partial charge in [-0.3, -0.25) is 0 Å². The van der Waals surface area contributed by atoms with Crippen molar-refractivity contribution in [2.24, 2.45) is 0 Å². The molecular weight excluding hydrogens is 371 g/mol. The lowest BCUT2D eigenvalue weighted by Gasteiger charge is -2.17. The fourth-order valence-corrected chi connectivity index (χ4v) is 3.40. The fraction of sp³-hybridized carbons (Fsp3) is 0.133. The molecule has 0 heterocycles. The van der Waals surface area contributed by atoms with E-state index < -0.39 is 5.92 Å². The normalized spacial score (nSPS) is 12.0. The fourth-order valence-electron chi connectivity index (χ4n) is 2.03. The van der Waals surface area contributed by atoms with Crippen LogP contribution in [-0.2, 0) is 0 Å². The second-order valence-electron chi connectivity index (χ2n) is 4.46. The summed E-state index contributed by atoms with van der Waals surface area (Å²) in [5, 5.41) is 10.1. The third-order valence-corrected chi connectivity index (χ3v) is 5.34. The molecule has 0 spiro atoms. The van der Waals surface area contributed by atoms with Crippen LogP contribution in [0.5, 0.6) is 0 Å². The van der Waals surface area contributed by atoms with Crippen molar-refractivity contribution in [1.82, 2.24) is 0 Å². The molecule has 0 saturated carbocycles. The zero-order chi connectivity index (χ0) is 15.7. The quantitative estimate of drug-likeness (QED) is 0.410. The van der Waals surface area contributed by atoms with Crippen LogP contribution < -0.4 is 0 Å². The summed E-state index contributed by atoms with van der Waals surface area (Å²) in [4.78, 5) is 0. The number of benzene rings is 2. The number of rotatable bonds is 2. The summed E-state index contributed by atoms with van der Waals surface area (Å²) in [7, 11) is 0. The Morgan fingerprint density at radius 3 is 1.90 bits per heavy atom. The molecule has 0 aliphatic carbocycles. The van der Waals surface area contributed by atoms with Gasteiger partial charge < -0.3 is 0 Å². The van der Waals surface area contributed by atoms with Gasteiger partial charge >= 0.3 is 0 Å². The third-order valence-electron chi connectivity index (χ3n) is 3.04. The number of nitriles is 1. The Morgan fingerprint density at radius 2 is 1.43 bits per heavy atom. The van der Waals surface area contributed by atoms with Crippen molar-refractivity contribution >= 4 is 58.0 Å². The van der Waals surface area contributed by atoms with Gasteiger partial charge in [-0.25, -0.2) is 0 Å². The Morgan fingerprint density at radius 1 is 0.905 bits per heavy atom. The molecule has 21 heavy (non-hydrogen) atoms. The van der Waals surface area contributed by atoms with Crippen LogP contribution in [0.15, 0.2) is 24.3 Å². The molecule has 0 fully saturated rings. The van der Waals surface area contributed by atoms with Crippen LogP contribution in [0.3, 0.4) is 0 Å². The predicted molar refractivity (Wildman–Crippen MR) is 90.1 cm³/mol. The van der Waals surface area contributed by atoms with Crippen LogP contribution in [0, 0.1) is 18.3 Å². The van der Waals surface area contributed by atoms with Crippen molar-refractivity contribution in [3.63, 3.8) is 0 Å². The highest BCUT2D eigenvalue weighted by molar-refractivity contribution is 6.55. The van der Waals surface area contributed by atoms with Crippen molar-refractivity contribution in [3.8, 4) is 6.07 Å². The first-order valence-electron chi connectivity index (χ1n) is 5.86. The monoisotopic (exact) mass is 377 g/mol. The third kappa shape index (κ3) is 3.11. The number of hydrogen-bond donors (Lipinski definition) is 0. The van der Waals surface area contributed by atoms with E-state index in [4.69, 9.17) is 58.0 Å². The molecule has 108 valence electrons. The highest BCUT2D eigenvalue weighted by Gasteiger charge is 2.26. The first-order chi connectivity index (χ1) is 9.88. The minimum atomic E-state index is -0.683. The topological polar surface area (TPSA) is 23.8 Å². The first kappa shape index (κ1) is 16.7. The summed E-state index contributed by atoms with van der Waals surface area (Å²) in [6.07, 6.45) is 0. The molecule has 0 aromatic heterocycles. The van der Waals surface area contributed by atoms with Crippen molar-refractivity contribution in [1.29, 1.82) is 5.26 Å². The molecule has 0 saturated heterocycles. The molecule has 6 heteroatoms. The zero-order valence-electron chi connectivity index (χ0n) is 10.7. The van der Waals surface area contributed by atoms with Gasteiger partial charge in [-0.05, 0) is 12.5 Å². The highest BCUT2D eigenvalue weighted by atomic mass is 35.5. The number of halogens is 5. The van der Waals surface area contributed by atoms with Gasteiger partial charge in [0.2, 0.25) is 0 Å².